The molecule has 0 spiro atoms. The Balaban J connectivity index is 1.72. The highest BCUT2D eigenvalue weighted by molar-refractivity contribution is 9.10. The van der Waals surface area contributed by atoms with Crippen LogP contribution < -0.4 is 5.32 Å². The number of nitrogens with one attached hydrogen (secondary N) is 1. The van der Waals surface area contributed by atoms with Gasteiger partial charge in [-0.2, -0.15) is 0 Å². The number of likely N-dealkylation sites (tertiary alicyclic amines) is 1. The van der Waals surface area contributed by atoms with Gasteiger partial charge in [0.2, 0.25) is 5.91 Å². The molecule has 1 saturated heterocycles. The Labute approximate surface area is 139 Å². The first kappa shape index (κ1) is 14.5. The van der Waals surface area contributed by atoms with Gasteiger partial charge in [0.05, 0.1) is 18.7 Å². The number of halogens is 1. The maximum absolute atomic E-state index is 12.8. The third kappa shape index (κ3) is 2.17. The van der Waals surface area contributed by atoms with Crippen molar-refractivity contribution in [3.63, 3.8) is 0 Å². The molecular weight excluding hydrogens is 344 g/mol. The molecule has 4 rings (SSSR count). The molecule has 1 saturated carbocycles. The summed E-state index contributed by atoms with van der Waals surface area (Å²) >= 11 is 3.55. The number of amides is 1. The van der Waals surface area contributed by atoms with E-state index in [0.29, 0.717) is 11.8 Å². The summed E-state index contributed by atoms with van der Waals surface area (Å²) < 4.78 is 1.04. The van der Waals surface area contributed by atoms with Crippen molar-refractivity contribution in [1.29, 1.82) is 0 Å². The van der Waals surface area contributed by atoms with E-state index in [2.05, 4.69) is 32.2 Å². The Morgan fingerprint density at radius 3 is 2.86 bits per heavy atom. The molecule has 1 aromatic rings. The SMILES string of the molecule is O=C(C1CCC1)N1CC[C@@H]2[C@@H](CO)Nc3ccc(Br)cc3[C@@H]21. The minimum absolute atomic E-state index is 0.0397. The highest BCUT2D eigenvalue weighted by Crippen LogP contribution is 2.48. The second kappa shape index (κ2) is 5.53. The number of rotatable bonds is 2. The van der Waals surface area contributed by atoms with E-state index in [-0.39, 0.29) is 24.6 Å². The summed E-state index contributed by atoms with van der Waals surface area (Å²) in [5.74, 6) is 0.857. The van der Waals surface area contributed by atoms with Crippen LogP contribution in [0.5, 0.6) is 0 Å². The third-order valence-electron chi connectivity index (χ3n) is 5.57. The van der Waals surface area contributed by atoms with Crippen molar-refractivity contribution in [2.24, 2.45) is 11.8 Å². The van der Waals surface area contributed by atoms with Gasteiger partial charge < -0.3 is 15.3 Å². The molecule has 2 heterocycles. The first-order chi connectivity index (χ1) is 10.7. The van der Waals surface area contributed by atoms with E-state index in [4.69, 9.17) is 0 Å². The molecule has 0 bridgehead atoms. The predicted molar refractivity (Wildman–Crippen MR) is 88.5 cm³/mol. The van der Waals surface area contributed by atoms with Crippen LogP contribution in [0.15, 0.2) is 22.7 Å². The van der Waals surface area contributed by atoms with E-state index in [0.717, 1.165) is 36.0 Å². The Morgan fingerprint density at radius 2 is 2.18 bits per heavy atom. The van der Waals surface area contributed by atoms with Gasteiger partial charge in [-0.05, 0) is 43.0 Å². The second-order valence-corrected chi connectivity index (χ2v) is 7.64. The Morgan fingerprint density at radius 1 is 1.36 bits per heavy atom. The summed E-state index contributed by atoms with van der Waals surface area (Å²) in [5.41, 5.74) is 2.24. The number of carbonyl (C=O) groups excluding carboxylic acids is 1. The maximum atomic E-state index is 12.8. The molecule has 4 nitrogen and oxygen atoms in total. The first-order valence-corrected chi connectivity index (χ1v) is 8.95. The minimum atomic E-state index is 0.0397. The van der Waals surface area contributed by atoms with E-state index in [1.54, 1.807) is 0 Å². The number of benzene rings is 1. The summed E-state index contributed by atoms with van der Waals surface area (Å²) in [7, 11) is 0. The van der Waals surface area contributed by atoms with E-state index >= 15 is 0 Å². The topological polar surface area (TPSA) is 52.6 Å². The Kier molecular flexibility index (Phi) is 3.65. The van der Waals surface area contributed by atoms with Crippen LogP contribution in [0.4, 0.5) is 5.69 Å². The van der Waals surface area contributed by atoms with Crippen LogP contribution >= 0.6 is 15.9 Å². The number of nitrogens with zero attached hydrogens (tertiary/aromatic N) is 1. The van der Waals surface area contributed by atoms with Crippen LogP contribution in [-0.2, 0) is 4.79 Å². The van der Waals surface area contributed by atoms with Gasteiger partial charge in [0, 0.05) is 28.5 Å². The fraction of sp³-hybridized carbons (Fsp3) is 0.588. The summed E-state index contributed by atoms with van der Waals surface area (Å²) in [6, 6.07) is 6.33. The van der Waals surface area contributed by atoms with Crippen molar-refractivity contribution in [2.75, 3.05) is 18.5 Å². The molecule has 118 valence electrons. The number of carbonyl (C=O) groups is 1. The minimum Gasteiger partial charge on any atom is -0.394 e. The van der Waals surface area contributed by atoms with Gasteiger partial charge in [-0.3, -0.25) is 4.79 Å². The van der Waals surface area contributed by atoms with Crippen molar-refractivity contribution >= 4 is 27.5 Å². The molecule has 1 amide bonds. The lowest BCUT2D eigenvalue weighted by Crippen LogP contribution is -2.45. The molecular formula is C17H21BrN2O2. The largest absolute Gasteiger partial charge is 0.394 e. The van der Waals surface area contributed by atoms with E-state index in [1.165, 1.54) is 12.0 Å². The molecule has 1 aliphatic carbocycles. The second-order valence-electron chi connectivity index (χ2n) is 6.72. The monoisotopic (exact) mass is 364 g/mol. The zero-order valence-electron chi connectivity index (χ0n) is 12.5. The van der Waals surface area contributed by atoms with Gasteiger partial charge in [-0.1, -0.05) is 22.4 Å². The molecule has 0 unspecified atom stereocenters. The summed E-state index contributed by atoms with van der Waals surface area (Å²) in [6.45, 7) is 0.928. The lowest BCUT2D eigenvalue weighted by molar-refractivity contribution is -0.139. The molecule has 2 fully saturated rings. The van der Waals surface area contributed by atoms with Gasteiger partial charge in [-0.25, -0.2) is 0 Å². The summed E-state index contributed by atoms with van der Waals surface area (Å²) in [6.07, 6.45) is 4.23. The molecule has 5 heteroatoms. The molecule has 3 aliphatic rings. The quantitative estimate of drug-likeness (QED) is 0.848. The lowest BCUT2D eigenvalue weighted by Gasteiger charge is -2.41. The van der Waals surface area contributed by atoms with Gasteiger partial charge in [-0.15, -0.1) is 0 Å². The molecule has 3 atom stereocenters. The highest BCUT2D eigenvalue weighted by atomic mass is 79.9. The van der Waals surface area contributed by atoms with Crippen LogP contribution in [0, 0.1) is 11.8 Å². The van der Waals surface area contributed by atoms with E-state index in [1.807, 2.05) is 12.1 Å². The number of hydrogen-bond donors (Lipinski definition) is 2. The molecule has 22 heavy (non-hydrogen) atoms. The van der Waals surface area contributed by atoms with Crippen LogP contribution in [0.3, 0.4) is 0 Å². The normalized spacial score (nSPS) is 30.3. The number of anilines is 1. The van der Waals surface area contributed by atoms with Crippen molar-refractivity contribution < 1.29 is 9.90 Å². The Hall–Kier alpha value is -1.07. The summed E-state index contributed by atoms with van der Waals surface area (Å²) in [4.78, 5) is 14.9. The Bertz CT molecular complexity index is 602. The molecule has 2 aliphatic heterocycles. The molecule has 1 aromatic carbocycles. The van der Waals surface area contributed by atoms with Crippen LogP contribution in [0.25, 0.3) is 0 Å². The smallest absolute Gasteiger partial charge is 0.226 e. The van der Waals surface area contributed by atoms with Gasteiger partial charge in [0.15, 0.2) is 0 Å². The molecule has 0 aromatic heterocycles. The average molecular weight is 365 g/mol. The van der Waals surface area contributed by atoms with Gasteiger partial charge in [0.1, 0.15) is 0 Å². The van der Waals surface area contributed by atoms with Crippen LogP contribution in [-0.4, -0.2) is 35.1 Å². The first-order valence-electron chi connectivity index (χ1n) is 8.16. The number of fused-ring (bicyclic) bond motifs is 3. The highest BCUT2D eigenvalue weighted by Gasteiger charge is 2.47. The van der Waals surface area contributed by atoms with Gasteiger partial charge >= 0.3 is 0 Å². The molecule has 0 radical (unpaired) electrons. The fourth-order valence-corrected chi connectivity index (χ4v) is 4.55. The van der Waals surface area contributed by atoms with Crippen molar-refractivity contribution in [3.05, 3.63) is 28.2 Å². The van der Waals surface area contributed by atoms with Gasteiger partial charge in [0.25, 0.3) is 0 Å². The molecule has 2 N–H and O–H groups in total. The predicted octanol–water partition coefficient (Wildman–Crippen LogP) is 2.93. The van der Waals surface area contributed by atoms with Crippen LogP contribution in [0.1, 0.15) is 37.3 Å². The number of aliphatic hydroxyl groups is 1. The summed E-state index contributed by atoms with van der Waals surface area (Å²) in [5, 5.41) is 13.2. The third-order valence-corrected chi connectivity index (χ3v) is 6.06. The van der Waals surface area contributed by atoms with Crippen molar-refractivity contribution in [1.82, 2.24) is 4.90 Å². The zero-order valence-corrected chi connectivity index (χ0v) is 14.1. The number of hydrogen-bond acceptors (Lipinski definition) is 3. The van der Waals surface area contributed by atoms with Crippen LogP contribution in [0.2, 0.25) is 0 Å². The maximum Gasteiger partial charge on any atom is 0.226 e. The fourth-order valence-electron chi connectivity index (χ4n) is 4.17. The van der Waals surface area contributed by atoms with Crippen molar-refractivity contribution in [3.8, 4) is 0 Å². The zero-order chi connectivity index (χ0) is 15.3. The standard InChI is InChI=1S/C17H21BrN2O2/c18-11-4-5-14-13(8-11)16-12(15(9-21)19-14)6-7-20(16)17(22)10-2-1-3-10/h4-5,8,10,12,15-16,19,21H,1-3,6-7,9H2/t12-,15-,16-/m1/s1. The van der Waals surface area contributed by atoms with E-state index in [9.17, 15) is 9.90 Å². The number of aliphatic hydroxyl groups excluding tert-OH is 1. The lowest BCUT2D eigenvalue weighted by atomic mass is 9.81. The average Bonchev–Trinajstić information content (AvgIpc) is 2.90. The van der Waals surface area contributed by atoms with Crippen molar-refractivity contribution in [2.45, 2.75) is 37.8 Å². The van der Waals surface area contributed by atoms with E-state index < -0.39 is 0 Å².